The number of carbonyl (C=O) groups excluding carboxylic acids is 1. The second-order valence-corrected chi connectivity index (χ2v) is 8.83. The third-order valence-corrected chi connectivity index (χ3v) is 6.35. The number of rotatable bonds is 2. The molecule has 2 aromatic rings. The number of carbonyl (C=O) groups is 1. The molecule has 0 bridgehead atoms. The van der Waals surface area contributed by atoms with Gasteiger partial charge in [0.25, 0.3) is 5.91 Å². The van der Waals surface area contributed by atoms with Gasteiger partial charge in [0.1, 0.15) is 0 Å². The fraction of sp³-hybridized carbons (Fsp3) is 0.375. The van der Waals surface area contributed by atoms with Gasteiger partial charge in [-0.3, -0.25) is 9.69 Å². The fourth-order valence-electron chi connectivity index (χ4n) is 4.20. The highest BCUT2D eigenvalue weighted by Gasteiger charge is 2.46. The first-order valence-electron chi connectivity index (χ1n) is 10.2. The summed E-state index contributed by atoms with van der Waals surface area (Å²) in [5, 5.41) is 0.631. The maximum atomic E-state index is 12.7. The molecular weight excluding hydrogens is 425 g/mol. The van der Waals surface area contributed by atoms with Gasteiger partial charge < -0.3 is 4.90 Å². The summed E-state index contributed by atoms with van der Waals surface area (Å²) in [6.07, 6.45) is -2.35. The van der Waals surface area contributed by atoms with E-state index in [9.17, 15) is 18.0 Å². The number of alkyl halides is 3. The van der Waals surface area contributed by atoms with E-state index in [1.54, 1.807) is 41.3 Å². The van der Waals surface area contributed by atoms with Crippen molar-refractivity contribution in [2.75, 3.05) is 26.2 Å². The summed E-state index contributed by atoms with van der Waals surface area (Å²) >= 11 is 5.85. The Bertz CT molecular complexity index is 990. The van der Waals surface area contributed by atoms with Crippen LogP contribution in [0.15, 0.2) is 48.5 Å². The summed E-state index contributed by atoms with van der Waals surface area (Å²) in [7, 11) is 0. The molecule has 0 atom stereocenters. The molecule has 0 aromatic heterocycles. The summed E-state index contributed by atoms with van der Waals surface area (Å²) < 4.78 is 38.1. The number of nitrogens with zero attached hydrogens (tertiary/aromatic N) is 2. The first kappa shape index (κ1) is 21.7. The summed E-state index contributed by atoms with van der Waals surface area (Å²) in [5.41, 5.74) is 1.16. The molecule has 4 rings (SSSR count). The average molecular weight is 447 g/mol. The van der Waals surface area contributed by atoms with Gasteiger partial charge >= 0.3 is 6.18 Å². The van der Waals surface area contributed by atoms with E-state index in [1.807, 2.05) is 0 Å². The Balaban J connectivity index is 1.24. The maximum absolute atomic E-state index is 12.7. The molecule has 2 aromatic carbocycles. The summed E-state index contributed by atoms with van der Waals surface area (Å²) in [6, 6.07) is 12.4. The molecular formula is C24H22ClF3N2O. The summed E-state index contributed by atoms with van der Waals surface area (Å²) in [4.78, 5) is 16.4. The van der Waals surface area contributed by atoms with Gasteiger partial charge in [-0.15, -0.1) is 0 Å². The van der Waals surface area contributed by atoms with E-state index < -0.39 is 11.7 Å². The van der Waals surface area contributed by atoms with Crippen molar-refractivity contribution >= 4 is 17.5 Å². The third kappa shape index (κ3) is 5.23. The highest BCUT2D eigenvalue weighted by atomic mass is 35.5. The molecule has 1 amide bonds. The zero-order chi connectivity index (χ0) is 22.1. The van der Waals surface area contributed by atoms with Gasteiger partial charge in [0.2, 0.25) is 0 Å². The number of piperidine rings is 1. The van der Waals surface area contributed by atoms with Crippen molar-refractivity contribution in [1.29, 1.82) is 0 Å². The molecule has 1 spiro atoms. The first-order valence-corrected chi connectivity index (χ1v) is 10.6. The Labute approximate surface area is 184 Å². The second-order valence-electron chi connectivity index (χ2n) is 8.39. The van der Waals surface area contributed by atoms with Crippen LogP contribution in [0, 0.1) is 17.3 Å². The highest BCUT2D eigenvalue weighted by molar-refractivity contribution is 6.30. The van der Waals surface area contributed by atoms with Crippen molar-refractivity contribution in [1.82, 2.24) is 9.80 Å². The summed E-state index contributed by atoms with van der Waals surface area (Å²) in [6.45, 7) is 3.83. The van der Waals surface area contributed by atoms with Crippen LogP contribution in [0.4, 0.5) is 13.2 Å². The van der Waals surface area contributed by atoms with Crippen molar-refractivity contribution < 1.29 is 18.0 Å². The average Bonchev–Trinajstić information content (AvgIpc) is 2.72. The molecule has 0 aliphatic carbocycles. The zero-order valence-electron chi connectivity index (χ0n) is 16.9. The monoisotopic (exact) mass is 446 g/mol. The van der Waals surface area contributed by atoms with Gasteiger partial charge in [-0.2, -0.15) is 13.2 Å². The molecule has 2 heterocycles. The standard InChI is InChI=1S/C24H22ClF3N2O/c25-21-8-3-18(4-9-21)5-10-22(31)30-16-23(17-30)11-13-29(14-12-23)15-19-1-6-20(7-2-19)24(26,27)28/h1-4,6-9H,11-17H2. The third-order valence-electron chi connectivity index (χ3n) is 6.10. The van der Waals surface area contributed by atoms with E-state index >= 15 is 0 Å². The molecule has 2 aliphatic rings. The summed E-state index contributed by atoms with van der Waals surface area (Å²) in [5.74, 6) is 5.42. The van der Waals surface area contributed by atoms with Crippen LogP contribution in [0.25, 0.3) is 0 Å². The Morgan fingerprint density at radius 3 is 2.19 bits per heavy atom. The number of amides is 1. The molecule has 2 fully saturated rings. The molecule has 31 heavy (non-hydrogen) atoms. The lowest BCUT2D eigenvalue weighted by atomic mass is 9.72. The molecule has 0 N–H and O–H groups in total. The predicted molar refractivity (Wildman–Crippen MR) is 113 cm³/mol. The number of hydrogen-bond acceptors (Lipinski definition) is 2. The zero-order valence-corrected chi connectivity index (χ0v) is 17.6. The van der Waals surface area contributed by atoms with E-state index in [0.717, 1.165) is 62.3 Å². The van der Waals surface area contributed by atoms with E-state index in [4.69, 9.17) is 11.6 Å². The normalized spacial score (nSPS) is 18.3. The van der Waals surface area contributed by atoms with Gasteiger partial charge in [0.15, 0.2) is 0 Å². The Morgan fingerprint density at radius 1 is 1.00 bits per heavy atom. The largest absolute Gasteiger partial charge is 0.416 e. The molecule has 3 nitrogen and oxygen atoms in total. The number of benzene rings is 2. The first-order chi connectivity index (χ1) is 14.7. The van der Waals surface area contributed by atoms with Crippen molar-refractivity contribution in [3.8, 4) is 11.8 Å². The van der Waals surface area contributed by atoms with Gasteiger partial charge in [0.05, 0.1) is 5.56 Å². The van der Waals surface area contributed by atoms with E-state index in [2.05, 4.69) is 16.7 Å². The molecule has 162 valence electrons. The smallest absolute Gasteiger partial charge is 0.331 e. The SMILES string of the molecule is O=C(C#Cc1ccc(Cl)cc1)N1CC2(CCN(Cc3ccc(C(F)(F)F)cc3)CC2)C1. The topological polar surface area (TPSA) is 23.6 Å². The number of hydrogen-bond donors (Lipinski definition) is 0. The van der Waals surface area contributed by atoms with Crippen LogP contribution in [0.1, 0.15) is 29.5 Å². The van der Waals surface area contributed by atoms with Crippen LogP contribution < -0.4 is 0 Å². The lowest BCUT2D eigenvalue weighted by Crippen LogP contribution is -2.61. The highest BCUT2D eigenvalue weighted by Crippen LogP contribution is 2.40. The number of halogens is 4. The van der Waals surface area contributed by atoms with Crippen LogP contribution >= 0.6 is 11.6 Å². The predicted octanol–water partition coefficient (Wildman–Crippen LogP) is 4.83. The Hall–Kier alpha value is -2.49. The fourth-order valence-corrected chi connectivity index (χ4v) is 4.33. The van der Waals surface area contributed by atoms with Crippen molar-refractivity contribution in [2.24, 2.45) is 5.41 Å². The lowest BCUT2D eigenvalue weighted by Gasteiger charge is -2.53. The number of likely N-dealkylation sites (tertiary alicyclic amines) is 2. The van der Waals surface area contributed by atoms with Crippen molar-refractivity contribution in [2.45, 2.75) is 25.6 Å². The van der Waals surface area contributed by atoms with Crippen LogP contribution in [0.2, 0.25) is 5.02 Å². The molecule has 2 aliphatic heterocycles. The van der Waals surface area contributed by atoms with Gasteiger partial charge in [-0.25, -0.2) is 0 Å². The van der Waals surface area contributed by atoms with Gasteiger partial charge in [-0.1, -0.05) is 29.7 Å². The van der Waals surface area contributed by atoms with Crippen molar-refractivity contribution in [3.05, 3.63) is 70.2 Å². The van der Waals surface area contributed by atoms with Gasteiger partial charge in [-0.05, 0) is 67.9 Å². The van der Waals surface area contributed by atoms with Crippen LogP contribution in [-0.2, 0) is 17.5 Å². The minimum atomic E-state index is -4.30. The Morgan fingerprint density at radius 2 is 1.61 bits per heavy atom. The van der Waals surface area contributed by atoms with Crippen LogP contribution in [0.3, 0.4) is 0 Å². The molecule has 0 unspecified atom stereocenters. The molecule has 2 saturated heterocycles. The van der Waals surface area contributed by atoms with Gasteiger partial charge in [0, 0.05) is 41.6 Å². The maximum Gasteiger partial charge on any atom is 0.416 e. The minimum Gasteiger partial charge on any atom is -0.331 e. The molecule has 0 saturated carbocycles. The molecule has 7 heteroatoms. The lowest BCUT2D eigenvalue weighted by molar-refractivity contribution is -0.140. The van der Waals surface area contributed by atoms with E-state index in [0.29, 0.717) is 11.6 Å². The van der Waals surface area contributed by atoms with Crippen LogP contribution in [-0.4, -0.2) is 41.9 Å². The minimum absolute atomic E-state index is 0.147. The molecule has 0 radical (unpaired) electrons. The van der Waals surface area contributed by atoms with Crippen molar-refractivity contribution in [3.63, 3.8) is 0 Å². The quantitative estimate of drug-likeness (QED) is 0.617. The Kier molecular flexibility index (Phi) is 6.00. The van der Waals surface area contributed by atoms with Crippen LogP contribution in [0.5, 0.6) is 0 Å². The van der Waals surface area contributed by atoms with E-state index in [-0.39, 0.29) is 11.3 Å². The second kappa shape index (κ2) is 8.57. The van der Waals surface area contributed by atoms with E-state index in [1.165, 1.54) is 0 Å².